The van der Waals surface area contributed by atoms with Crippen molar-refractivity contribution in [2.24, 2.45) is 0 Å². The van der Waals surface area contributed by atoms with Crippen LogP contribution in [0.1, 0.15) is 0 Å². The van der Waals surface area contributed by atoms with Gasteiger partial charge in [0.2, 0.25) is 0 Å². The van der Waals surface area contributed by atoms with Gasteiger partial charge in [-0.1, -0.05) is 0 Å². The van der Waals surface area contributed by atoms with Crippen LogP contribution in [0.15, 0.2) is 84.9 Å². The molecule has 0 heterocycles. The van der Waals surface area contributed by atoms with Crippen LogP contribution in [-0.2, 0) is 0 Å². The van der Waals surface area contributed by atoms with Gasteiger partial charge in [0, 0.05) is 0 Å². The van der Waals surface area contributed by atoms with E-state index in [-0.39, 0.29) is 0 Å². The summed E-state index contributed by atoms with van der Waals surface area (Å²) in [5.74, 6) is 0. The Bertz CT molecular complexity index is 872. The van der Waals surface area contributed by atoms with Crippen molar-refractivity contribution >= 4 is 56.3 Å². The van der Waals surface area contributed by atoms with E-state index in [1.165, 1.54) is 28.7 Å². The van der Waals surface area contributed by atoms with Gasteiger partial charge < -0.3 is 0 Å². The molecule has 0 fully saturated rings. The summed E-state index contributed by atoms with van der Waals surface area (Å²) in [6, 6.07) is 30.1. The molecular formula is C20H14ClSn. The standard InChI is InChI=1S/2C10H7.ClH.Sn/c2*1-2-6-10-8-4-3-7-9(10)5-1;;/h2*1-7H;1H;/q;;;+1/p-1. The van der Waals surface area contributed by atoms with Gasteiger partial charge in [0.05, 0.1) is 0 Å². The van der Waals surface area contributed by atoms with E-state index in [0.29, 0.717) is 0 Å². The van der Waals surface area contributed by atoms with Crippen molar-refractivity contribution in [2.45, 2.75) is 0 Å². The molecule has 2 heteroatoms. The Kier molecular flexibility index (Phi) is 3.81. The van der Waals surface area contributed by atoms with E-state index in [9.17, 15) is 0 Å². The third-order valence-electron chi connectivity index (χ3n) is 4.05. The van der Waals surface area contributed by atoms with Crippen molar-refractivity contribution in [1.29, 1.82) is 0 Å². The Morgan fingerprint density at radius 3 is 1.41 bits per heavy atom. The Morgan fingerprint density at radius 1 is 0.500 bits per heavy atom. The first-order valence-electron chi connectivity index (χ1n) is 7.33. The first-order valence-corrected chi connectivity index (χ1v) is 13.8. The topological polar surface area (TPSA) is 0 Å². The van der Waals surface area contributed by atoms with E-state index < -0.39 is 18.6 Å². The SMILES string of the molecule is [Cl][Sn]([c]1cccc2ccccc12)[c]1cccc2ccccc12. The summed E-state index contributed by atoms with van der Waals surface area (Å²) in [6.45, 7) is 0. The number of hydrogen-bond acceptors (Lipinski definition) is 0. The summed E-state index contributed by atoms with van der Waals surface area (Å²) in [5, 5.41) is 5.17. The zero-order valence-corrected chi connectivity index (χ0v) is 15.6. The van der Waals surface area contributed by atoms with Gasteiger partial charge in [-0.2, -0.15) is 0 Å². The molecular weight excluding hydrogens is 394 g/mol. The van der Waals surface area contributed by atoms with E-state index in [1.54, 1.807) is 0 Å². The summed E-state index contributed by atoms with van der Waals surface area (Å²) in [5.41, 5.74) is 0. The zero-order valence-electron chi connectivity index (χ0n) is 12.0. The van der Waals surface area contributed by atoms with Gasteiger partial charge in [0.25, 0.3) is 0 Å². The predicted molar refractivity (Wildman–Crippen MR) is 98.8 cm³/mol. The van der Waals surface area contributed by atoms with Crippen molar-refractivity contribution < 1.29 is 0 Å². The average Bonchev–Trinajstić information content (AvgIpc) is 2.60. The normalized spacial score (nSPS) is 11.4. The zero-order chi connectivity index (χ0) is 14.9. The molecule has 4 aromatic carbocycles. The Morgan fingerprint density at radius 2 is 0.909 bits per heavy atom. The van der Waals surface area contributed by atoms with Crippen molar-refractivity contribution in [3.63, 3.8) is 0 Å². The van der Waals surface area contributed by atoms with Crippen LogP contribution in [0.2, 0.25) is 0 Å². The summed E-state index contributed by atoms with van der Waals surface area (Å²) in [6.07, 6.45) is 0. The van der Waals surface area contributed by atoms with Gasteiger partial charge in [-0.25, -0.2) is 0 Å². The van der Waals surface area contributed by atoms with Crippen molar-refractivity contribution in [3.05, 3.63) is 84.9 Å². The van der Waals surface area contributed by atoms with E-state index in [0.717, 1.165) is 0 Å². The molecule has 0 amide bonds. The Balaban J connectivity index is 1.94. The van der Waals surface area contributed by atoms with E-state index >= 15 is 0 Å². The van der Waals surface area contributed by atoms with Gasteiger partial charge in [-0.3, -0.25) is 0 Å². The number of benzene rings is 4. The van der Waals surface area contributed by atoms with E-state index in [4.69, 9.17) is 8.92 Å². The van der Waals surface area contributed by atoms with Gasteiger partial charge in [0.15, 0.2) is 0 Å². The summed E-state index contributed by atoms with van der Waals surface area (Å²) >= 11 is -2.41. The van der Waals surface area contributed by atoms with Crippen molar-refractivity contribution in [2.75, 3.05) is 0 Å². The molecule has 0 aliphatic rings. The third-order valence-corrected chi connectivity index (χ3v) is 12.0. The molecule has 4 aromatic rings. The number of halogens is 1. The molecule has 0 aromatic heterocycles. The quantitative estimate of drug-likeness (QED) is 0.433. The fourth-order valence-electron chi connectivity index (χ4n) is 2.98. The van der Waals surface area contributed by atoms with Gasteiger partial charge in [-0.15, -0.1) is 0 Å². The maximum absolute atomic E-state index is 7.09. The fraction of sp³-hybridized carbons (Fsp3) is 0. The maximum atomic E-state index is 7.09. The molecule has 4 rings (SSSR count). The van der Waals surface area contributed by atoms with Crippen LogP contribution in [0.25, 0.3) is 21.5 Å². The molecule has 0 unspecified atom stereocenters. The number of rotatable bonds is 2. The van der Waals surface area contributed by atoms with Gasteiger partial charge >= 0.3 is 141 Å². The van der Waals surface area contributed by atoms with Crippen LogP contribution in [0.5, 0.6) is 0 Å². The first-order chi connectivity index (χ1) is 10.8. The molecule has 0 nitrogen and oxygen atoms in total. The van der Waals surface area contributed by atoms with Crippen LogP contribution >= 0.6 is 8.92 Å². The van der Waals surface area contributed by atoms with Gasteiger partial charge in [0.1, 0.15) is 0 Å². The van der Waals surface area contributed by atoms with Crippen molar-refractivity contribution in [3.8, 4) is 0 Å². The van der Waals surface area contributed by atoms with Gasteiger partial charge in [-0.05, 0) is 0 Å². The minimum atomic E-state index is -2.41. The second kappa shape index (κ2) is 5.94. The second-order valence-corrected chi connectivity index (χ2v) is 12.8. The summed E-state index contributed by atoms with van der Waals surface area (Å²) < 4.78 is 2.72. The van der Waals surface area contributed by atoms with Crippen LogP contribution in [0.4, 0.5) is 0 Å². The Hall–Kier alpha value is -1.51. The predicted octanol–water partition coefficient (Wildman–Crippen LogP) is 4.34. The molecule has 0 saturated carbocycles. The monoisotopic (exact) mass is 409 g/mol. The van der Waals surface area contributed by atoms with Crippen LogP contribution in [0, 0.1) is 0 Å². The molecule has 0 aliphatic heterocycles. The fourth-order valence-corrected chi connectivity index (χ4v) is 10.1. The van der Waals surface area contributed by atoms with Crippen LogP contribution in [0.3, 0.4) is 0 Å². The summed E-state index contributed by atoms with van der Waals surface area (Å²) in [7, 11) is 7.09. The molecule has 0 aliphatic carbocycles. The molecule has 0 atom stereocenters. The van der Waals surface area contributed by atoms with Crippen LogP contribution < -0.4 is 7.16 Å². The Labute approximate surface area is 140 Å². The minimum absolute atomic E-state index is 1.28. The molecule has 0 spiro atoms. The molecule has 0 saturated heterocycles. The molecule has 0 bridgehead atoms. The van der Waals surface area contributed by atoms with Crippen molar-refractivity contribution in [1.82, 2.24) is 0 Å². The second-order valence-electron chi connectivity index (χ2n) is 5.37. The molecule has 105 valence electrons. The van der Waals surface area contributed by atoms with E-state index in [1.807, 2.05) is 0 Å². The third kappa shape index (κ3) is 2.41. The van der Waals surface area contributed by atoms with E-state index in [2.05, 4.69) is 84.9 Å². The molecule has 1 radical (unpaired) electrons. The summed E-state index contributed by atoms with van der Waals surface area (Å²) in [4.78, 5) is 0. The molecule has 0 N–H and O–H groups in total. The number of hydrogen-bond donors (Lipinski definition) is 0. The first kappa shape index (κ1) is 14.1. The molecule has 22 heavy (non-hydrogen) atoms. The number of fused-ring (bicyclic) bond motifs is 2. The average molecular weight is 408 g/mol. The van der Waals surface area contributed by atoms with Crippen LogP contribution in [-0.4, -0.2) is 18.6 Å².